The molecule has 3 heteroatoms. The van der Waals surface area contributed by atoms with Crippen LogP contribution < -0.4 is 0 Å². The lowest BCUT2D eigenvalue weighted by Gasteiger charge is -2.45. The van der Waals surface area contributed by atoms with Crippen molar-refractivity contribution < 1.29 is 14.3 Å². The van der Waals surface area contributed by atoms with Crippen molar-refractivity contribution in [3.8, 4) is 0 Å². The topological polar surface area (TPSA) is 35.5 Å². The van der Waals surface area contributed by atoms with Gasteiger partial charge in [-0.05, 0) is 25.7 Å². The Hall–Kier alpha value is -0.990. The SMILES string of the molecule is C=COC(=O)OC1(C(C)(C)C)CCCCC1. The molecule has 0 bridgehead atoms. The molecule has 0 N–H and O–H groups in total. The van der Waals surface area contributed by atoms with E-state index in [0.29, 0.717) is 0 Å². The average molecular weight is 226 g/mol. The minimum atomic E-state index is -0.633. The Labute approximate surface area is 97.8 Å². The van der Waals surface area contributed by atoms with Gasteiger partial charge in [0.15, 0.2) is 0 Å². The molecule has 0 radical (unpaired) electrons. The average Bonchev–Trinajstić information content (AvgIpc) is 2.17. The summed E-state index contributed by atoms with van der Waals surface area (Å²) >= 11 is 0. The largest absolute Gasteiger partial charge is 0.513 e. The minimum Gasteiger partial charge on any atom is -0.427 e. The molecule has 0 aromatic carbocycles. The Morgan fingerprint density at radius 1 is 1.25 bits per heavy atom. The van der Waals surface area contributed by atoms with Gasteiger partial charge in [0.1, 0.15) is 5.60 Å². The van der Waals surface area contributed by atoms with E-state index in [2.05, 4.69) is 32.1 Å². The lowest BCUT2D eigenvalue weighted by molar-refractivity contribution is -0.108. The monoisotopic (exact) mass is 226 g/mol. The van der Waals surface area contributed by atoms with Crippen LogP contribution in [0, 0.1) is 5.41 Å². The highest BCUT2D eigenvalue weighted by Gasteiger charge is 2.46. The van der Waals surface area contributed by atoms with Crippen molar-refractivity contribution in [3.05, 3.63) is 12.8 Å². The number of hydrogen-bond donors (Lipinski definition) is 0. The fourth-order valence-corrected chi connectivity index (χ4v) is 2.38. The molecule has 0 atom stereocenters. The molecule has 1 fully saturated rings. The molecule has 0 aromatic rings. The van der Waals surface area contributed by atoms with Gasteiger partial charge in [-0.25, -0.2) is 4.79 Å². The third-order valence-electron chi connectivity index (χ3n) is 3.49. The molecule has 1 aliphatic rings. The maximum absolute atomic E-state index is 11.4. The molecule has 0 aliphatic heterocycles. The molecule has 3 nitrogen and oxygen atoms in total. The van der Waals surface area contributed by atoms with Gasteiger partial charge in [-0.2, -0.15) is 0 Å². The quantitative estimate of drug-likeness (QED) is 0.526. The Morgan fingerprint density at radius 2 is 1.81 bits per heavy atom. The first-order valence-electron chi connectivity index (χ1n) is 5.92. The molecular weight excluding hydrogens is 204 g/mol. The van der Waals surface area contributed by atoms with Crippen LogP contribution in [0.4, 0.5) is 4.79 Å². The van der Waals surface area contributed by atoms with E-state index in [1.807, 2.05) is 0 Å². The number of carbonyl (C=O) groups excluding carboxylic acids is 1. The molecule has 0 amide bonds. The van der Waals surface area contributed by atoms with E-state index in [9.17, 15) is 4.79 Å². The van der Waals surface area contributed by atoms with Crippen molar-refractivity contribution in [2.75, 3.05) is 0 Å². The van der Waals surface area contributed by atoms with Crippen LogP contribution in [-0.2, 0) is 9.47 Å². The van der Waals surface area contributed by atoms with Crippen LogP contribution in [0.5, 0.6) is 0 Å². The summed E-state index contributed by atoms with van der Waals surface area (Å²) in [7, 11) is 0. The third kappa shape index (κ3) is 2.77. The van der Waals surface area contributed by atoms with Crippen molar-refractivity contribution in [2.45, 2.75) is 58.5 Å². The van der Waals surface area contributed by atoms with Gasteiger partial charge in [0.25, 0.3) is 0 Å². The Bertz CT molecular complexity index is 257. The lowest BCUT2D eigenvalue weighted by Crippen LogP contribution is -2.48. The van der Waals surface area contributed by atoms with Gasteiger partial charge in [0.05, 0.1) is 6.26 Å². The molecule has 0 unspecified atom stereocenters. The maximum Gasteiger partial charge on any atom is 0.513 e. The summed E-state index contributed by atoms with van der Waals surface area (Å²) in [6, 6.07) is 0. The van der Waals surface area contributed by atoms with E-state index in [1.54, 1.807) is 0 Å². The highest BCUT2D eigenvalue weighted by atomic mass is 16.7. The Balaban J connectivity index is 2.78. The Kier molecular flexibility index (Phi) is 4.00. The van der Waals surface area contributed by atoms with Gasteiger partial charge in [0, 0.05) is 5.41 Å². The normalized spacial score (nSPS) is 19.9. The zero-order chi connectivity index (χ0) is 12.2. The molecule has 1 aliphatic carbocycles. The van der Waals surface area contributed by atoms with Crippen LogP contribution in [-0.4, -0.2) is 11.8 Å². The maximum atomic E-state index is 11.4. The van der Waals surface area contributed by atoms with Crippen molar-refractivity contribution in [2.24, 2.45) is 5.41 Å². The van der Waals surface area contributed by atoms with Crippen LogP contribution in [0.15, 0.2) is 12.8 Å². The lowest BCUT2D eigenvalue weighted by atomic mass is 9.68. The first kappa shape index (κ1) is 13.1. The summed E-state index contributed by atoms with van der Waals surface area (Å²) < 4.78 is 10.2. The van der Waals surface area contributed by atoms with E-state index in [4.69, 9.17) is 4.74 Å². The van der Waals surface area contributed by atoms with E-state index in [-0.39, 0.29) is 11.0 Å². The van der Waals surface area contributed by atoms with E-state index >= 15 is 0 Å². The summed E-state index contributed by atoms with van der Waals surface area (Å²) in [4.78, 5) is 11.4. The number of carbonyl (C=O) groups is 1. The van der Waals surface area contributed by atoms with Gasteiger partial charge < -0.3 is 9.47 Å². The third-order valence-corrected chi connectivity index (χ3v) is 3.49. The molecule has 16 heavy (non-hydrogen) atoms. The standard InChI is InChI=1S/C13H22O3/c1-5-15-11(14)16-13(12(2,3)4)9-7-6-8-10-13/h5H,1,6-10H2,2-4H3. The summed E-state index contributed by atoms with van der Waals surface area (Å²) in [5.74, 6) is 0. The molecule has 0 saturated heterocycles. The number of hydrogen-bond acceptors (Lipinski definition) is 3. The van der Waals surface area contributed by atoms with Crippen molar-refractivity contribution in [1.29, 1.82) is 0 Å². The second-order valence-corrected chi connectivity index (χ2v) is 5.44. The van der Waals surface area contributed by atoms with Gasteiger partial charge in [0.2, 0.25) is 0 Å². The minimum absolute atomic E-state index is 0.0619. The highest BCUT2D eigenvalue weighted by molar-refractivity contribution is 5.61. The van der Waals surface area contributed by atoms with Crippen LogP contribution in [0.3, 0.4) is 0 Å². The second-order valence-electron chi connectivity index (χ2n) is 5.44. The van der Waals surface area contributed by atoms with Crippen molar-refractivity contribution >= 4 is 6.16 Å². The molecule has 1 saturated carbocycles. The fourth-order valence-electron chi connectivity index (χ4n) is 2.38. The number of ether oxygens (including phenoxy) is 2. The van der Waals surface area contributed by atoms with Crippen LogP contribution in [0.1, 0.15) is 52.9 Å². The summed E-state index contributed by atoms with van der Waals surface area (Å²) in [6.45, 7) is 9.69. The predicted octanol–water partition coefficient (Wildman–Crippen LogP) is 4.03. The first-order chi connectivity index (χ1) is 7.41. The molecule has 0 heterocycles. The molecule has 0 aromatic heterocycles. The predicted molar refractivity (Wildman–Crippen MR) is 63.0 cm³/mol. The zero-order valence-corrected chi connectivity index (χ0v) is 10.5. The van der Waals surface area contributed by atoms with Crippen molar-refractivity contribution in [3.63, 3.8) is 0 Å². The number of rotatable bonds is 2. The highest BCUT2D eigenvalue weighted by Crippen LogP contribution is 2.45. The summed E-state index contributed by atoms with van der Waals surface area (Å²) in [6.07, 6.45) is 5.76. The Morgan fingerprint density at radius 3 is 2.25 bits per heavy atom. The van der Waals surface area contributed by atoms with E-state index < -0.39 is 6.16 Å². The molecular formula is C13H22O3. The van der Waals surface area contributed by atoms with Gasteiger partial charge in [-0.15, -0.1) is 0 Å². The van der Waals surface area contributed by atoms with Gasteiger partial charge >= 0.3 is 6.16 Å². The zero-order valence-electron chi connectivity index (χ0n) is 10.5. The van der Waals surface area contributed by atoms with E-state index in [0.717, 1.165) is 31.9 Å². The molecule has 0 spiro atoms. The first-order valence-corrected chi connectivity index (χ1v) is 5.92. The van der Waals surface area contributed by atoms with Gasteiger partial charge in [-0.3, -0.25) is 0 Å². The molecule has 92 valence electrons. The van der Waals surface area contributed by atoms with E-state index in [1.165, 1.54) is 6.42 Å². The van der Waals surface area contributed by atoms with Crippen LogP contribution in [0.25, 0.3) is 0 Å². The van der Waals surface area contributed by atoms with Crippen LogP contribution >= 0.6 is 0 Å². The summed E-state index contributed by atoms with van der Waals surface area (Å²) in [5, 5.41) is 0. The molecule has 1 rings (SSSR count). The summed E-state index contributed by atoms with van der Waals surface area (Å²) in [5.41, 5.74) is -0.445. The van der Waals surface area contributed by atoms with Crippen molar-refractivity contribution in [1.82, 2.24) is 0 Å². The van der Waals surface area contributed by atoms with Crippen LogP contribution in [0.2, 0.25) is 0 Å². The second kappa shape index (κ2) is 4.89. The fraction of sp³-hybridized carbons (Fsp3) is 0.769. The smallest absolute Gasteiger partial charge is 0.427 e. The van der Waals surface area contributed by atoms with Gasteiger partial charge in [-0.1, -0.05) is 33.8 Å².